The number of nitrogens with zero attached hydrogens (tertiary/aromatic N) is 1. The Balaban J connectivity index is 2.47. The van der Waals surface area contributed by atoms with Crippen molar-refractivity contribution in [3.63, 3.8) is 0 Å². The lowest BCUT2D eigenvalue weighted by molar-refractivity contribution is -0.384. The summed E-state index contributed by atoms with van der Waals surface area (Å²) in [6, 6.07) is 3.89. The molecule has 7 nitrogen and oxygen atoms in total. The standard InChI is InChI=1S/C12H15ClN2O5/c1-19-6-7-20-5-4-14-12(16)9-2-3-10(13)11(8-9)15(17)18/h2-3,8H,4-7H2,1H3,(H,14,16). The van der Waals surface area contributed by atoms with Crippen LogP contribution in [0.2, 0.25) is 5.02 Å². The monoisotopic (exact) mass is 302 g/mol. The molecule has 1 amide bonds. The number of ether oxygens (including phenoxy) is 2. The van der Waals surface area contributed by atoms with Crippen LogP contribution in [0.4, 0.5) is 5.69 Å². The van der Waals surface area contributed by atoms with Crippen molar-refractivity contribution < 1.29 is 19.2 Å². The average Bonchev–Trinajstić information content (AvgIpc) is 2.42. The Hall–Kier alpha value is -1.70. The Bertz CT molecular complexity index is 481. The number of nitro groups is 1. The van der Waals surface area contributed by atoms with E-state index >= 15 is 0 Å². The number of amides is 1. The molecule has 0 aliphatic carbocycles. The second kappa shape index (κ2) is 8.47. The molecule has 1 rings (SSSR count). The van der Waals surface area contributed by atoms with Crippen molar-refractivity contribution in [1.29, 1.82) is 0 Å². The minimum atomic E-state index is -0.632. The number of hydrogen-bond donors (Lipinski definition) is 1. The number of nitro benzene ring substituents is 1. The molecule has 0 saturated carbocycles. The Kier molecular flexibility index (Phi) is 6.92. The maximum atomic E-state index is 11.8. The molecule has 110 valence electrons. The third-order valence-corrected chi connectivity index (χ3v) is 2.69. The second-order valence-electron chi connectivity index (χ2n) is 3.78. The molecular weight excluding hydrogens is 288 g/mol. The summed E-state index contributed by atoms with van der Waals surface area (Å²) in [5.41, 5.74) is -0.117. The quantitative estimate of drug-likeness (QED) is 0.448. The van der Waals surface area contributed by atoms with Gasteiger partial charge in [0.05, 0.1) is 24.7 Å². The fourth-order valence-electron chi connectivity index (χ4n) is 1.38. The molecule has 0 unspecified atom stereocenters. The normalized spacial score (nSPS) is 10.3. The van der Waals surface area contributed by atoms with Crippen molar-refractivity contribution in [3.05, 3.63) is 38.9 Å². The molecule has 0 atom stereocenters. The molecule has 1 aromatic rings. The largest absolute Gasteiger partial charge is 0.382 e. The van der Waals surface area contributed by atoms with E-state index < -0.39 is 10.8 Å². The number of benzene rings is 1. The van der Waals surface area contributed by atoms with E-state index in [1.165, 1.54) is 12.1 Å². The smallest absolute Gasteiger partial charge is 0.288 e. The van der Waals surface area contributed by atoms with Crippen LogP contribution >= 0.6 is 11.6 Å². The van der Waals surface area contributed by atoms with Crippen molar-refractivity contribution in [3.8, 4) is 0 Å². The van der Waals surface area contributed by atoms with Crippen LogP contribution < -0.4 is 5.32 Å². The highest BCUT2D eigenvalue weighted by atomic mass is 35.5. The molecule has 1 aromatic carbocycles. The minimum Gasteiger partial charge on any atom is -0.382 e. The van der Waals surface area contributed by atoms with Crippen molar-refractivity contribution in [2.45, 2.75) is 0 Å². The summed E-state index contributed by atoms with van der Waals surface area (Å²) in [4.78, 5) is 21.8. The van der Waals surface area contributed by atoms with Gasteiger partial charge in [-0.15, -0.1) is 0 Å². The van der Waals surface area contributed by atoms with Gasteiger partial charge in [-0.05, 0) is 12.1 Å². The topological polar surface area (TPSA) is 90.7 Å². The van der Waals surface area contributed by atoms with Crippen molar-refractivity contribution in [1.82, 2.24) is 5.32 Å². The zero-order valence-electron chi connectivity index (χ0n) is 10.9. The van der Waals surface area contributed by atoms with E-state index in [1.807, 2.05) is 0 Å². The van der Waals surface area contributed by atoms with Crippen LogP contribution in [0.25, 0.3) is 0 Å². The van der Waals surface area contributed by atoms with E-state index in [2.05, 4.69) is 5.32 Å². The number of methoxy groups -OCH3 is 1. The number of nitrogens with one attached hydrogen (secondary N) is 1. The van der Waals surface area contributed by atoms with Gasteiger partial charge in [0, 0.05) is 25.3 Å². The summed E-state index contributed by atoms with van der Waals surface area (Å²) in [5, 5.41) is 13.3. The van der Waals surface area contributed by atoms with Gasteiger partial charge >= 0.3 is 0 Å². The maximum absolute atomic E-state index is 11.8. The molecule has 0 fully saturated rings. The highest BCUT2D eigenvalue weighted by molar-refractivity contribution is 6.32. The first-order chi connectivity index (χ1) is 9.56. The Labute approximate surface area is 121 Å². The van der Waals surface area contributed by atoms with Crippen LogP contribution in [0.3, 0.4) is 0 Å². The molecule has 0 saturated heterocycles. The van der Waals surface area contributed by atoms with E-state index in [0.717, 1.165) is 6.07 Å². The van der Waals surface area contributed by atoms with Gasteiger partial charge in [0.2, 0.25) is 0 Å². The number of carbonyl (C=O) groups excluding carboxylic acids is 1. The summed E-state index contributed by atoms with van der Waals surface area (Å²) in [5.74, 6) is -0.417. The van der Waals surface area contributed by atoms with E-state index in [-0.39, 0.29) is 16.3 Å². The predicted molar refractivity (Wildman–Crippen MR) is 73.1 cm³/mol. The number of rotatable bonds is 8. The molecule has 8 heteroatoms. The summed E-state index contributed by atoms with van der Waals surface area (Å²) in [7, 11) is 1.57. The fourth-order valence-corrected chi connectivity index (χ4v) is 1.56. The lowest BCUT2D eigenvalue weighted by Gasteiger charge is -2.06. The van der Waals surface area contributed by atoms with Gasteiger partial charge in [-0.25, -0.2) is 0 Å². The molecule has 0 radical (unpaired) electrons. The van der Waals surface area contributed by atoms with E-state index in [1.54, 1.807) is 7.11 Å². The van der Waals surface area contributed by atoms with Gasteiger partial charge in [-0.1, -0.05) is 11.6 Å². The molecule has 1 N–H and O–H groups in total. The van der Waals surface area contributed by atoms with Crippen LogP contribution in [-0.2, 0) is 9.47 Å². The molecule has 0 bridgehead atoms. The molecule has 0 aromatic heterocycles. The summed E-state index contributed by atoms with van der Waals surface area (Å²) >= 11 is 5.67. The molecule has 0 heterocycles. The highest BCUT2D eigenvalue weighted by Gasteiger charge is 2.15. The molecule has 0 spiro atoms. The first-order valence-corrected chi connectivity index (χ1v) is 6.23. The van der Waals surface area contributed by atoms with Crippen molar-refractivity contribution >= 4 is 23.2 Å². The zero-order valence-corrected chi connectivity index (χ0v) is 11.7. The van der Waals surface area contributed by atoms with Gasteiger partial charge in [0.15, 0.2) is 0 Å². The first kappa shape index (κ1) is 16.4. The lowest BCUT2D eigenvalue weighted by atomic mass is 10.2. The van der Waals surface area contributed by atoms with Gasteiger partial charge in [0.1, 0.15) is 5.02 Å². The predicted octanol–water partition coefficient (Wildman–Crippen LogP) is 1.64. The Morgan fingerprint density at radius 1 is 1.40 bits per heavy atom. The summed E-state index contributed by atoms with van der Waals surface area (Å²) in [6.45, 7) is 1.57. The second-order valence-corrected chi connectivity index (χ2v) is 4.19. The zero-order chi connectivity index (χ0) is 15.0. The molecule has 0 aliphatic rings. The van der Waals surface area contributed by atoms with E-state index in [0.29, 0.717) is 26.4 Å². The third-order valence-electron chi connectivity index (χ3n) is 2.37. The minimum absolute atomic E-state index is 0.00514. The van der Waals surface area contributed by atoms with Crippen LogP contribution in [0.15, 0.2) is 18.2 Å². The van der Waals surface area contributed by atoms with E-state index in [9.17, 15) is 14.9 Å². The van der Waals surface area contributed by atoms with Gasteiger partial charge in [0.25, 0.3) is 11.6 Å². The van der Waals surface area contributed by atoms with Gasteiger partial charge < -0.3 is 14.8 Å². The third kappa shape index (κ3) is 5.12. The number of carbonyl (C=O) groups is 1. The Morgan fingerprint density at radius 3 is 2.80 bits per heavy atom. The van der Waals surface area contributed by atoms with Crippen LogP contribution in [0.5, 0.6) is 0 Å². The maximum Gasteiger partial charge on any atom is 0.288 e. The molecule has 0 aliphatic heterocycles. The molecule has 20 heavy (non-hydrogen) atoms. The Morgan fingerprint density at radius 2 is 2.15 bits per heavy atom. The highest BCUT2D eigenvalue weighted by Crippen LogP contribution is 2.24. The SMILES string of the molecule is COCCOCCNC(=O)c1ccc(Cl)c([N+](=O)[O-])c1. The van der Waals surface area contributed by atoms with Crippen molar-refractivity contribution in [2.24, 2.45) is 0 Å². The average molecular weight is 303 g/mol. The fraction of sp³-hybridized carbons (Fsp3) is 0.417. The van der Waals surface area contributed by atoms with E-state index in [4.69, 9.17) is 21.1 Å². The van der Waals surface area contributed by atoms with Crippen LogP contribution in [-0.4, -0.2) is 44.3 Å². The first-order valence-electron chi connectivity index (χ1n) is 5.85. The van der Waals surface area contributed by atoms with Crippen LogP contribution in [0, 0.1) is 10.1 Å². The number of hydrogen-bond acceptors (Lipinski definition) is 5. The van der Waals surface area contributed by atoms with Gasteiger partial charge in [-0.2, -0.15) is 0 Å². The summed E-state index contributed by atoms with van der Waals surface area (Å²) in [6.07, 6.45) is 0. The van der Waals surface area contributed by atoms with Crippen molar-refractivity contribution in [2.75, 3.05) is 33.5 Å². The molecular formula is C12H15ClN2O5. The lowest BCUT2D eigenvalue weighted by Crippen LogP contribution is -2.27. The van der Waals surface area contributed by atoms with Crippen LogP contribution in [0.1, 0.15) is 10.4 Å². The van der Waals surface area contributed by atoms with Gasteiger partial charge in [-0.3, -0.25) is 14.9 Å². The number of halogens is 1. The summed E-state index contributed by atoms with van der Waals surface area (Å²) < 4.78 is 9.97.